The molecule has 0 aliphatic carbocycles. The molecule has 1 aliphatic heterocycles. The molecule has 1 aromatic carbocycles. The van der Waals surface area contributed by atoms with Crippen LogP contribution in [-0.2, 0) is 13.0 Å². The summed E-state index contributed by atoms with van der Waals surface area (Å²) in [6.07, 6.45) is 1.10. The van der Waals surface area contributed by atoms with Crippen LogP contribution in [0.2, 0.25) is 0 Å². The predicted octanol–water partition coefficient (Wildman–Crippen LogP) is 2.40. The van der Waals surface area contributed by atoms with Crippen LogP contribution in [0.25, 0.3) is 0 Å². The predicted molar refractivity (Wildman–Crippen MR) is 61.1 cm³/mol. The molecule has 0 bridgehead atoms. The minimum atomic E-state index is 1.03. The maximum atomic E-state index is 5.33. The fraction of sp³-hybridized carbons (Fsp3) is 0.400. The van der Waals surface area contributed by atoms with Crippen molar-refractivity contribution in [1.82, 2.24) is 3.11 Å². The summed E-state index contributed by atoms with van der Waals surface area (Å²) in [4.78, 5) is 0. The molecule has 0 saturated carbocycles. The van der Waals surface area contributed by atoms with Crippen LogP contribution in [0.15, 0.2) is 18.2 Å². The van der Waals surface area contributed by atoms with Gasteiger partial charge < -0.3 is 4.74 Å². The van der Waals surface area contributed by atoms with E-state index in [2.05, 4.69) is 38.1 Å². The number of halogens is 1. The lowest BCUT2D eigenvalue weighted by Gasteiger charge is -2.24. The molecular formula is C10H12INO. The molecule has 0 atom stereocenters. The van der Waals surface area contributed by atoms with Gasteiger partial charge in [-0.15, -0.1) is 0 Å². The Balaban J connectivity index is 2.39. The summed E-state index contributed by atoms with van der Waals surface area (Å²) < 4.78 is 7.63. The Morgan fingerprint density at radius 3 is 3.08 bits per heavy atom. The average Bonchev–Trinajstić information content (AvgIpc) is 2.16. The second-order valence-corrected chi connectivity index (χ2v) is 4.56. The smallest absolute Gasteiger partial charge is 0.122 e. The highest BCUT2D eigenvalue weighted by Crippen LogP contribution is 2.28. The zero-order valence-corrected chi connectivity index (χ0v) is 9.74. The minimum Gasteiger partial charge on any atom is -0.496 e. The quantitative estimate of drug-likeness (QED) is 0.581. The minimum absolute atomic E-state index is 1.03. The van der Waals surface area contributed by atoms with Crippen LogP contribution in [0.1, 0.15) is 11.1 Å². The molecule has 1 aromatic rings. The third-order valence-electron chi connectivity index (χ3n) is 2.40. The van der Waals surface area contributed by atoms with Crippen molar-refractivity contribution in [2.75, 3.05) is 13.7 Å². The van der Waals surface area contributed by atoms with Gasteiger partial charge >= 0.3 is 0 Å². The standard InChI is InChI=1S/C10H12INO/c1-13-10-4-2-3-8-7-12(11)6-5-9(8)10/h2-4H,5-7H2,1H3. The van der Waals surface area contributed by atoms with Crippen molar-refractivity contribution in [3.63, 3.8) is 0 Å². The fourth-order valence-corrected chi connectivity index (χ4v) is 2.34. The van der Waals surface area contributed by atoms with Crippen LogP contribution in [0, 0.1) is 0 Å². The summed E-state index contributed by atoms with van der Waals surface area (Å²) in [7, 11) is 1.74. The second-order valence-electron chi connectivity index (χ2n) is 3.19. The SMILES string of the molecule is COc1cccc2c1CCN(I)C2. The molecule has 1 aliphatic rings. The summed E-state index contributed by atoms with van der Waals surface area (Å²) in [6, 6.07) is 6.29. The topological polar surface area (TPSA) is 12.5 Å². The monoisotopic (exact) mass is 289 g/mol. The van der Waals surface area contributed by atoms with Gasteiger partial charge in [0, 0.05) is 36.0 Å². The Bertz CT molecular complexity index is 314. The molecule has 0 unspecified atom stereocenters. The maximum Gasteiger partial charge on any atom is 0.122 e. The third-order valence-corrected chi connectivity index (χ3v) is 3.22. The second kappa shape index (κ2) is 3.84. The summed E-state index contributed by atoms with van der Waals surface area (Å²) in [6.45, 7) is 2.15. The highest BCUT2D eigenvalue weighted by Gasteiger charge is 2.16. The van der Waals surface area contributed by atoms with Crippen LogP contribution < -0.4 is 4.74 Å². The van der Waals surface area contributed by atoms with Gasteiger partial charge in [-0.1, -0.05) is 12.1 Å². The van der Waals surface area contributed by atoms with Crippen LogP contribution in [0.4, 0.5) is 0 Å². The van der Waals surface area contributed by atoms with Crippen molar-refractivity contribution < 1.29 is 4.74 Å². The van der Waals surface area contributed by atoms with Crippen LogP contribution in [-0.4, -0.2) is 16.8 Å². The first-order valence-electron chi connectivity index (χ1n) is 4.36. The van der Waals surface area contributed by atoms with E-state index in [1.807, 2.05) is 6.07 Å². The van der Waals surface area contributed by atoms with Crippen molar-refractivity contribution in [1.29, 1.82) is 0 Å². The summed E-state index contributed by atoms with van der Waals surface area (Å²) >= 11 is 2.37. The molecule has 2 nitrogen and oxygen atoms in total. The summed E-state index contributed by atoms with van der Waals surface area (Å²) in [5, 5.41) is 0. The van der Waals surface area contributed by atoms with Gasteiger partial charge in [0.25, 0.3) is 0 Å². The van der Waals surface area contributed by atoms with Gasteiger partial charge in [-0.3, -0.25) is 0 Å². The molecule has 1 heterocycles. The maximum absolute atomic E-state index is 5.33. The van der Waals surface area contributed by atoms with E-state index in [4.69, 9.17) is 4.74 Å². The van der Waals surface area contributed by atoms with Crippen molar-refractivity contribution in [2.45, 2.75) is 13.0 Å². The van der Waals surface area contributed by atoms with Crippen LogP contribution >= 0.6 is 22.9 Å². The molecule has 13 heavy (non-hydrogen) atoms. The Labute approximate surface area is 92.4 Å². The lowest BCUT2D eigenvalue weighted by Crippen LogP contribution is -2.21. The van der Waals surface area contributed by atoms with Gasteiger partial charge in [-0.25, -0.2) is 3.11 Å². The average molecular weight is 289 g/mol. The molecule has 2 rings (SSSR count). The van der Waals surface area contributed by atoms with E-state index >= 15 is 0 Å². The van der Waals surface area contributed by atoms with E-state index in [1.54, 1.807) is 7.11 Å². The normalized spacial score (nSPS) is 16.8. The Hall–Kier alpha value is -0.290. The summed E-state index contributed by atoms with van der Waals surface area (Å²) in [5.74, 6) is 1.04. The molecule has 0 saturated heterocycles. The Kier molecular flexibility index (Phi) is 2.74. The molecule has 0 spiro atoms. The van der Waals surface area contributed by atoms with Gasteiger partial charge in [0.2, 0.25) is 0 Å². The van der Waals surface area contributed by atoms with Crippen molar-refractivity contribution in [3.05, 3.63) is 29.3 Å². The number of nitrogens with zero attached hydrogens (tertiary/aromatic N) is 1. The fourth-order valence-electron chi connectivity index (χ4n) is 1.73. The number of methoxy groups -OCH3 is 1. The lowest BCUT2D eigenvalue weighted by molar-refractivity contribution is 0.397. The van der Waals surface area contributed by atoms with Crippen LogP contribution in [0.5, 0.6) is 5.75 Å². The largest absolute Gasteiger partial charge is 0.496 e. The third kappa shape index (κ3) is 1.81. The molecule has 0 radical (unpaired) electrons. The first-order valence-corrected chi connectivity index (χ1v) is 5.33. The van der Waals surface area contributed by atoms with E-state index in [1.165, 1.54) is 11.1 Å². The number of benzene rings is 1. The Morgan fingerprint density at radius 2 is 2.31 bits per heavy atom. The molecule has 3 heteroatoms. The van der Waals surface area contributed by atoms with Crippen molar-refractivity contribution in [2.24, 2.45) is 0 Å². The van der Waals surface area contributed by atoms with Gasteiger partial charge in [0.1, 0.15) is 5.75 Å². The highest BCUT2D eigenvalue weighted by atomic mass is 127. The molecule has 0 amide bonds. The molecular weight excluding hydrogens is 277 g/mol. The van der Waals surface area contributed by atoms with Crippen LogP contribution in [0.3, 0.4) is 0 Å². The van der Waals surface area contributed by atoms with E-state index in [0.717, 1.165) is 25.3 Å². The first-order chi connectivity index (χ1) is 6.31. The van der Waals surface area contributed by atoms with E-state index in [0.29, 0.717) is 0 Å². The van der Waals surface area contributed by atoms with E-state index in [9.17, 15) is 0 Å². The van der Waals surface area contributed by atoms with E-state index < -0.39 is 0 Å². The van der Waals surface area contributed by atoms with Gasteiger partial charge in [-0.05, 0) is 23.6 Å². The molecule has 0 fully saturated rings. The van der Waals surface area contributed by atoms with E-state index in [-0.39, 0.29) is 0 Å². The lowest BCUT2D eigenvalue weighted by atomic mass is 10.0. The van der Waals surface area contributed by atoms with Gasteiger partial charge in [0.05, 0.1) is 7.11 Å². The highest BCUT2D eigenvalue weighted by molar-refractivity contribution is 14.1. The molecule has 70 valence electrons. The van der Waals surface area contributed by atoms with Crippen molar-refractivity contribution in [3.8, 4) is 5.75 Å². The number of hydrogen-bond donors (Lipinski definition) is 0. The first kappa shape index (κ1) is 9.27. The summed E-state index contributed by atoms with van der Waals surface area (Å²) in [5.41, 5.74) is 2.79. The van der Waals surface area contributed by atoms with Crippen molar-refractivity contribution >= 4 is 22.9 Å². The molecule has 0 N–H and O–H groups in total. The van der Waals surface area contributed by atoms with Gasteiger partial charge in [0.15, 0.2) is 0 Å². The van der Waals surface area contributed by atoms with Gasteiger partial charge in [-0.2, -0.15) is 0 Å². The number of hydrogen-bond acceptors (Lipinski definition) is 2. The number of ether oxygens (including phenoxy) is 1. The molecule has 0 aromatic heterocycles. The zero-order valence-electron chi connectivity index (χ0n) is 7.59. The number of fused-ring (bicyclic) bond motifs is 1. The number of rotatable bonds is 1. The zero-order chi connectivity index (χ0) is 9.26. The Morgan fingerprint density at radius 1 is 1.46 bits per heavy atom.